The first kappa shape index (κ1) is 26.3. The highest BCUT2D eigenvalue weighted by Crippen LogP contribution is 2.47. The Balaban J connectivity index is 1.21. The third kappa shape index (κ3) is 4.10. The number of hydrogen-bond donors (Lipinski definition) is 0. The fraction of sp³-hybridized carbons (Fsp3) is 0. The summed E-state index contributed by atoms with van der Waals surface area (Å²) in [7, 11) is 0. The van der Waals surface area contributed by atoms with Crippen LogP contribution in [0.5, 0.6) is 0 Å². The Hall–Kier alpha value is -5.90. The Morgan fingerprint density at radius 1 is 0.447 bits per heavy atom. The summed E-state index contributed by atoms with van der Waals surface area (Å²) < 4.78 is 9.00. The maximum Gasteiger partial charge on any atom is 0.143 e. The van der Waals surface area contributed by atoms with Gasteiger partial charge in [-0.2, -0.15) is 0 Å². The Kier molecular flexibility index (Phi) is 5.78. The lowest BCUT2D eigenvalue weighted by Crippen LogP contribution is -2.10. The second-order valence-corrected chi connectivity index (χ2v) is 13.2. The summed E-state index contributed by atoms with van der Waals surface area (Å²) in [5.74, 6) is 0. The molecule has 0 amide bonds. The Labute approximate surface area is 275 Å². The number of hydrogen-bond acceptors (Lipinski definition) is 3. The van der Waals surface area contributed by atoms with Gasteiger partial charge in [0.15, 0.2) is 0 Å². The lowest BCUT2D eigenvalue weighted by atomic mass is 9.99. The van der Waals surface area contributed by atoms with Crippen LogP contribution in [0.2, 0.25) is 0 Å². The van der Waals surface area contributed by atoms with E-state index in [0.717, 1.165) is 38.9 Å². The fourth-order valence-corrected chi connectivity index (χ4v) is 8.49. The molecule has 10 aromatic rings. The van der Waals surface area contributed by atoms with Crippen molar-refractivity contribution in [2.24, 2.45) is 0 Å². The third-order valence-corrected chi connectivity index (χ3v) is 10.6. The molecule has 8 aromatic carbocycles. The molecule has 2 aromatic heterocycles. The first-order chi connectivity index (χ1) is 23.3. The van der Waals surface area contributed by atoms with Crippen molar-refractivity contribution < 1.29 is 4.42 Å². The summed E-state index contributed by atoms with van der Waals surface area (Å²) in [5.41, 5.74) is 7.59. The molecule has 47 heavy (non-hydrogen) atoms. The van der Waals surface area contributed by atoms with E-state index in [1.807, 2.05) is 23.5 Å². The van der Waals surface area contributed by atoms with Crippen LogP contribution in [-0.4, -0.2) is 0 Å². The van der Waals surface area contributed by atoms with Gasteiger partial charge < -0.3 is 9.32 Å². The molecule has 0 saturated heterocycles. The first-order valence-electron chi connectivity index (χ1n) is 15.9. The van der Waals surface area contributed by atoms with Crippen molar-refractivity contribution in [3.8, 4) is 11.1 Å². The number of thiophene rings is 1. The van der Waals surface area contributed by atoms with Crippen molar-refractivity contribution in [1.82, 2.24) is 0 Å². The van der Waals surface area contributed by atoms with Crippen LogP contribution in [0.25, 0.3) is 74.8 Å². The first-order valence-corrected chi connectivity index (χ1v) is 16.7. The molecule has 0 radical (unpaired) electrons. The minimum absolute atomic E-state index is 0.922. The van der Waals surface area contributed by atoms with Crippen LogP contribution in [0.15, 0.2) is 168 Å². The summed E-state index contributed by atoms with van der Waals surface area (Å²) in [5, 5.41) is 9.81. The molecule has 2 nitrogen and oxygen atoms in total. The largest absolute Gasteiger partial charge is 0.455 e. The van der Waals surface area contributed by atoms with E-state index in [9.17, 15) is 0 Å². The fourth-order valence-electron chi connectivity index (χ4n) is 7.23. The molecular formula is C44H27NOS. The van der Waals surface area contributed by atoms with E-state index in [1.165, 1.54) is 53.0 Å². The molecule has 0 aliphatic rings. The molecule has 0 N–H and O–H groups in total. The molecule has 0 aliphatic heterocycles. The van der Waals surface area contributed by atoms with Gasteiger partial charge in [-0.15, -0.1) is 11.3 Å². The molecular weight excluding hydrogens is 591 g/mol. The molecule has 0 aliphatic carbocycles. The maximum atomic E-state index is 6.42. The van der Waals surface area contributed by atoms with Crippen molar-refractivity contribution in [2.75, 3.05) is 4.90 Å². The molecule has 0 fully saturated rings. The third-order valence-electron chi connectivity index (χ3n) is 9.42. The van der Waals surface area contributed by atoms with Crippen molar-refractivity contribution in [3.63, 3.8) is 0 Å². The smallest absolute Gasteiger partial charge is 0.143 e. The monoisotopic (exact) mass is 617 g/mol. The predicted molar refractivity (Wildman–Crippen MR) is 202 cm³/mol. The number of rotatable bonds is 4. The molecule has 0 saturated carbocycles. The van der Waals surface area contributed by atoms with Crippen molar-refractivity contribution in [1.29, 1.82) is 0 Å². The standard InChI is InChI=1S/C44H27NOS/c1-2-13-31(14-3-1)45(32-23-21-28-11-4-5-12-29(28)25-32)40-27-39-36-24-22-30(26-42(36)47-44(39)38-17-7-6-15-34(38)40)33-18-10-19-37-35-16-8-9-20-41(35)46-43(33)37/h1-27H. The predicted octanol–water partition coefficient (Wildman–Crippen LogP) is 13.4. The lowest BCUT2D eigenvalue weighted by Gasteiger charge is -2.27. The molecule has 0 bridgehead atoms. The quantitative estimate of drug-likeness (QED) is 0.195. The zero-order chi connectivity index (χ0) is 30.9. The molecule has 10 rings (SSSR count). The number of anilines is 3. The topological polar surface area (TPSA) is 16.4 Å². The van der Waals surface area contributed by atoms with Gasteiger partial charge in [-0.3, -0.25) is 0 Å². The van der Waals surface area contributed by atoms with E-state index in [-0.39, 0.29) is 0 Å². The van der Waals surface area contributed by atoms with Gasteiger partial charge in [0.25, 0.3) is 0 Å². The molecule has 3 heteroatoms. The Morgan fingerprint density at radius 3 is 2.09 bits per heavy atom. The van der Waals surface area contributed by atoms with Crippen LogP contribution < -0.4 is 4.90 Å². The zero-order valence-electron chi connectivity index (χ0n) is 25.4. The van der Waals surface area contributed by atoms with E-state index in [0.29, 0.717) is 0 Å². The molecule has 0 unspecified atom stereocenters. The summed E-state index contributed by atoms with van der Waals surface area (Å²) >= 11 is 1.88. The Bertz CT molecular complexity index is 2810. The molecule has 2 heterocycles. The number of fused-ring (bicyclic) bond motifs is 9. The van der Waals surface area contributed by atoms with Crippen LogP contribution in [0.4, 0.5) is 17.1 Å². The zero-order valence-corrected chi connectivity index (χ0v) is 26.2. The van der Waals surface area contributed by atoms with E-state index < -0.39 is 0 Å². The van der Waals surface area contributed by atoms with Gasteiger partial charge in [-0.05, 0) is 58.8 Å². The highest BCUT2D eigenvalue weighted by molar-refractivity contribution is 7.26. The van der Waals surface area contributed by atoms with Crippen LogP contribution >= 0.6 is 11.3 Å². The second kappa shape index (κ2) is 10.3. The van der Waals surface area contributed by atoms with Crippen LogP contribution in [0.3, 0.4) is 0 Å². The van der Waals surface area contributed by atoms with E-state index in [1.54, 1.807) is 0 Å². The Morgan fingerprint density at radius 2 is 1.19 bits per heavy atom. The van der Waals surface area contributed by atoms with Gasteiger partial charge in [0.2, 0.25) is 0 Å². The van der Waals surface area contributed by atoms with Gasteiger partial charge in [-0.25, -0.2) is 0 Å². The molecule has 0 atom stereocenters. The van der Waals surface area contributed by atoms with Gasteiger partial charge >= 0.3 is 0 Å². The van der Waals surface area contributed by atoms with Crippen LogP contribution in [0, 0.1) is 0 Å². The number of para-hydroxylation sites is 3. The van der Waals surface area contributed by atoms with E-state index >= 15 is 0 Å². The van der Waals surface area contributed by atoms with Gasteiger partial charge in [0.1, 0.15) is 11.2 Å². The van der Waals surface area contributed by atoms with E-state index in [2.05, 4.69) is 157 Å². The number of benzene rings is 8. The summed E-state index contributed by atoms with van der Waals surface area (Å²) in [6.07, 6.45) is 0. The minimum Gasteiger partial charge on any atom is -0.455 e. The molecule has 220 valence electrons. The van der Waals surface area contributed by atoms with Gasteiger partial charge in [-0.1, -0.05) is 121 Å². The van der Waals surface area contributed by atoms with Crippen LogP contribution in [0.1, 0.15) is 0 Å². The number of furan rings is 1. The second-order valence-electron chi connectivity index (χ2n) is 12.1. The normalized spacial score (nSPS) is 11.8. The van der Waals surface area contributed by atoms with E-state index in [4.69, 9.17) is 4.42 Å². The lowest BCUT2D eigenvalue weighted by molar-refractivity contribution is 0.670. The van der Waals surface area contributed by atoms with Gasteiger partial charge in [0.05, 0.1) is 5.69 Å². The SMILES string of the molecule is c1ccc(N(c2ccc3ccccc3c2)c2cc3c4ccc(-c5cccc6c5oc5ccccc56)cc4sc3c3ccccc23)cc1. The molecule has 0 spiro atoms. The minimum atomic E-state index is 0.922. The van der Waals surface area contributed by atoms with Gasteiger partial charge in [0, 0.05) is 58.7 Å². The number of nitrogens with zero attached hydrogens (tertiary/aromatic N) is 1. The summed E-state index contributed by atoms with van der Waals surface area (Å²) in [4.78, 5) is 2.41. The summed E-state index contributed by atoms with van der Waals surface area (Å²) in [6, 6.07) is 59.0. The highest BCUT2D eigenvalue weighted by Gasteiger charge is 2.20. The van der Waals surface area contributed by atoms with Crippen molar-refractivity contribution in [2.45, 2.75) is 0 Å². The van der Waals surface area contributed by atoms with Crippen molar-refractivity contribution in [3.05, 3.63) is 164 Å². The van der Waals surface area contributed by atoms with Crippen LogP contribution in [-0.2, 0) is 0 Å². The highest BCUT2D eigenvalue weighted by atomic mass is 32.1. The average Bonchev–Trinajstić information content (AvgIpc) is 3.70. The summed E-state index contributed by atoms with van der Waals surface area (Å²) in [6.45, 7) is 0. The maximum absolute atomic E-state index is 6.42. The van der Waals surface area contributed by atoms with Crippen molar-refractivity contribution >= 4 is 92.1 Å². The average molecular weight is 618 g/mol.